The van der Waals surface area contributed by atoms with Gasteiger partial charge in [-0.1, -0.05) is 102 Å². The number of hydrogen-bond acceptors (Lipinski definition) is 22. The largest absolute Gasteiger partial charge is 0.396 e. The molecule has 0 aromatic carbocycles. The number of likely N-dealkylation sites (N-methyl/N-ethyl adjacent to an activating group) is 6. The Morgan fingerprint density at radius 3 is 1.07 bits per heavy atom. The van der Waals surface area contributed by atoms with Crippen LogP contribution < -0.4 is 26.6 Å². The molecule has 0 aliphatic carbocycles. The third kappa shape index (κ3) is 44.2. The van der Waals surface area contributed by atoms with Crippen LogP contribution in [0.2, 0.25) is 0 Å². The van der Waals surface area contributed by atoms with Gasteiger partial charge in [-0.3, -0.25) is 57.5 Å². The van der Waals surface area contributed by atoms with Crippen LogP contribution in [0.3, 0.4) is 0 Å². The summed E-state index contributed by atoms with van der Waals surface area (Å²) in [4.78, 5) is 188. The number of hydrogen-bond donors (Lipinski definition) is 9. The van der Waals surface area contributed by atoms with E-state index in [-0.39, 0.29) is 171 Å². The summed E-state index contributed by atoms with van der Waals surface area (Å²) < 4.78 is 10.3. The molecule has 115 heavy (non-hydrogen) atoms. The van der Waals surface area contributed by atoms with Gasteiger partial charge in [-0.2, -0.15) is 0 Å². The molecular weight excluding hydrogens is 1480 g/mol. The Morgan fingerprint density at radius 1 is 0.348 bits per heavy atom. The number of nitrogens with one attached hydrogen (secondary N) is 5. The van der Waals surface area contributed by atoms with E-state index in [9.17, 15) is 54.0 Å². The molecule has 0 fully saturated rings. The number of amides is 7. The molecule has 6 atom stereocenters. The molecule has 668 valence electrons. The summed E-state index contributed by atoms with van der Waals surface area (Å²) in [5, 5.41) is 53.5. The highest BCUT2D eigenvalue weighted by atomic mass is 16.5. The molecule has 7 amide bonds. The molecule has 0 spiro atoms. The maximum absolute atomic E-state index is 16.0. The van der Waals surface area contributed by atoms with Gasteiger partial charge in [0.25, 0.3) is 0 Å². The van der Waals surface area contributed by atoms with E-state index < -0.39 is 116 Å². The van der Waals surface area contributed by atoms with Crippen molar-refractivity contribution < 1.29 is 87.4 Å². The van der Waals surface area contributed by atoms with Crippen molar-refractivity contribution in [1.29, 1.82) is 0 Å². The molecular formula is C86H161N11O18. The van der Waals surface area contributed by atoms with Gasteiger partial charge in [0.1, 0.15) is 28.9 Å². The summed E-state index contributed by atoms with van der Waals surface area (Å²) in [7, 11) is 18.2. The van der Waals surface area contributed by atoms with Gasteiger partial charge in [-0.15, -0.1) is 0 Å². The third-order valence-electron chi connectivity index (χ3n) is 22.7. The zero-order chi connectivity index (χ0) is 88.0. The predicted molar refractivity (Wildman–Crippen MR) is 450 cm³/mol. The SMILES string of the molecule is CCCCNC(=O)C(CC(=O)N(C)CCN(C)CCN(C)C)CC(C)(C)C(=O)CC(CC(C)(C)C(=O)C(CC(=O)NCCCCC(CO)CO)CC(C)(C)C(=O)CC(CC(C)(C)C(=O)C(CC(=O)NCCOC)CC(C)(C)C(=O)CC(CC)C(=O)NCCOC)C(=O)NCCCCC(CO)CO)C(=O)N(C)CCN(C)CCN(C)C. The summed E-state index contributed by atoms with van der Waals surface area (Å²) in [6.45, 7) is 25.8. The average molecular weight is 1640 g/mol. The van der Waals surface area contributed by atoms with Crippen molar-refractivity contribution in [2.45, 2.75) is 212 Å². The Bertz CT molecular complexity index is 2920. The molecule has 0 bridgehead atoms. The number of Topliss-reactive ketones (excluding diaryl/α,β-unsaturated/α-hetero) is 5. The highest BCUT2D eigenvalue weighted by Gasteiger charge is 2.47. The van der Waals surface area contributed by atoms with E-state index in [4.69, 9.17) is 9.47 Å². The van der Waals surface area contributed by atoms with Gasteiger partial charge in [0.2, 0.25) is 41.4 Å². The summed E-state index contributed by atoms with van der Waals surface area (Å²) in [5.74, 6) is -12.1. The Hall–Kier alpha value is -5.76. The number of unbranched alkanes of at least 4 members (excludes halogenated alkanes) is 3. The van der Waals surface area contributed by atoms with E-state index in [2.05, 4.69) is 41.3 Å². The quantitative estimate of drug-likeness (QED) is 0.0340. The third-order valence-corrected chi connectivity index (χ3v) is 22.7. The van der Waals surface area contributed by atoms with Gasteiger partial charge in [0.15, 0.2) is 0 Å². The molecule has 0 heterocycles. The summed E-state index contributed by atoms with van der Waals surface area (Å²) >= 11 is 0. The highest BCUT2D eigenvalue weighted by Crippen LogP contribution is 2.43. The van der Waals surface area contributed by atoms with Crippen LogP contribution in [0.4, 0.5) is 0 Å². The van der Waals surface area contributed by atoms with Crippen LogP contribution in [0.25, 0.3) is 0 Å². The van der Waals surface area contributed by atoms with Crippen LogP contribution in [-0.2, 0) is 67.0 Å². The van der Waals surface area contributed by atoms with E-state index in [1.165, 1.54) is 14.2 Å². The lowest BCUT2D eigenvalue weighted by Gasteiger charge is -2.37. The van der Waals surface area contributed by atoms with Gasteiger partial charge in [-0.25, -0.2) is 0 Å². The van der Waals surface area contributed by atoms with Gasteiger partial charge in [-0.05, 0) is 113 Å². The van der Waals surface area contributed by atoms with Crippen LogP contribution in [0.1, 0.15) is 212 Å². The second-order valence-corrected chi connectivity index (χ2v) is 36.4. The second kappa shape index (κ2) is 56.6. The van der Waals surface area contributed by atoms with E-state index in [1.54, 1.807) is 100 Å². The number of ether oxygens (including phenoxy) is 2. The molecule has 0 rings (SSSR count). The molecule has 0 aromatic heterocycles. The number of rotatable bonds is 69. The van der Waals surface area contributed by atoms with Crippen LogP contribution in [-0.4, -0.2) is 315 Å². The number of aliphatic hydroxyl groups excluding tert-OH is 4. The molecule has 29 nitrogen and oxygen atoms in total. The van der Waals surface area contributed by atoms with Crippen molar-refractivity contribution in [2.24, 2.45) is 74.4 Å². The maximum Gasteiger partial charge on any atom is 0.225 e. The van der Waals surface area contributed by atoms with Crippen LogP contribution in [0, 0.1) is 74.4 Å². The van der Waals surface area contributed by atoms with Crippen molar-refractivity contribution in [3.63, 3.8) is 0 Å². The van der Waals surface area contributed by atoms with E-state index in [0.29, 0.717) is 84.1 Å². The standard InChI is InChI=1S/C86H161N11O18/c1-23-25-32-89-80(112)68(52-75(107)96(19)43-41-94(17)39-37-92(13)14)55-84(7,8)72(104)49-69(81(113)97(20)44-42-95(18)40-38-93(15)16)57-86(11,12)77(109)65(50-73(105)87-33-28-26-30-62(58-98)59-99)54-83(5,6)71(103)48-67(79(111)90-34-29-27-31-63(60-100)61-101)56-85(9,10)76(108)66(51-74(106)88-35-45-114-21)53-82(3,4)70(102)47-64(24-2)78(110)91-36-46-115-22/h62-69,98-101H,23-61H2,1-22H3,(H,87,105)(H,88,106)(H,89,112)(H,90,111)(H,91,110). The lowest BCUT2D eigenvalue weighted by atomic mass is 9.66. The number of carbonyl (C=O) groups excluding carboxylic acids is 12. The fourth-order valence-electron chi connectivity index (χ4n) is 14.5. The predicted octanol–water partition coefficient (Wildman–Crippen LogP) is 5.48. The first-order valence-corrected chi connectivity index (χ1v) is 42.3. The molecule has 0 saturated heterocycles. The van der Waals surface area contributed by atoms with Crippen LogP contribution >= 0.6 is 0 Å². The molecule has 0 aromatic rings. The molecule has 0 radical (unpaired) electrons. The Labute approximate surface area is 691 Å². The van der Waals surface area contributed by atoms with Crippen molar-refractivity contribution >= 4 is 70.3 Å². The fraction of sp³-hybridized carbons (Fsp3) is 0.860. The van der Waals surface area contributed by atoms with E-state index >= 15 is 24.0 Å². The molecule has 9 N–H and O–H groups in total. The van der Waals surface area contributed by atoms with E-state index in [1.807, 2.05) is 54.1 Å². The minimum absolute atomic E-state index is 0.0336. The lowest BCUT2D eigenvalue weighted by molar-refractivity contribution is -0.144. The number of methoxy groups -OCH3 is 2. The number of aliphatic hydroxyl groups is 4. The lowest BCUT2D eigenvalue weighted by Crippen LogP contribution is -2.45. The molecule has 29 heteroatoms. The average Bonchev–Trinajstić information content (AvgIpc) is 0.818. The van der Waals surface area contributed by atoms with Gasteiger partial charge in [0.05, 0.1) is 13.2 Å². The first-order valence-electron chi connectivity index (χ1n) is 42.3. The summed E-state index contributed by atoms with van der Waals surface area (Å²) in [6.07, 6.45) is 2.08. The van der Waals surface area contributed by atoms with Crippen molar-refractivity contribution in [1.82, 2.24) is 56.0 Å². The Kier molecular flexibility index (Phi) is 53.8. The molecule has 0 saturated carbocycles. The molecule has 0 aliphatic rings. The monoisotopic (exact) mass is 1640 g/mol. The Balaban J connectivity index is 8.26. The maximum atomic E-state index is 16.0. The number of carbonyl (C=O) groups is 12. The molecule has 6 unspecified atom stereocenters. The zero-order valence-corrected chi connectivity index (χ0v) is 75.4. The smallest absolute Gasteiger partial charge is 0.225 e. The zero-order valence-electron chi connectivity index (χ0n) is 75.4. The number of ketones is 5. The topological polar surface area (TPSA) is 384 Å². The fourth-order valence-corrected chi connectivity index (χ4v) is 14.5. The first-order chi connectivity index (χ1) is 53.7. The van der Waals surface area contributed by atoms with Crippen LogP contribution in [0.15, 0.2) is 0 Å². The van der Waals surface area contributed by atoms with Gasteiger partial charge in [0, 0.05) is 253 Å². The summed E-state index contributed by atoms with van der Waals surface area (Å²) in [6, 6.07) is 0. The Morgan fingerprint density at radius 2 is 0.670 bits per heavy atom. The normalized spacial score (nSPS) is 14.0. The van der Waals surface area contributed by atoms with Gasteiger partial charge < -0.3 is 85.9 Å². The molecule has 0 aliphatic heterocycles. The number of nitrogens with zero attached hydrogens (tertiary/aromatic N) is 6. The van der Waals surface area contributed by atoms with E-state index in [0.717, 1.165) is 26.1 Å². The van der Waals surface area contributed by atoms with Crippen LogP contribution in [0.5, 0.6) is 0 Å². The van der Waals surface area contributed by atoms with Crippen molar-refractivity contribution in [3.8, 4) is 0 Å². The van der Waals surface area contributed by atoms with Gasteiger partial charge >= 0.3 is 0 Å². The van der Waals surface area contributed by atoms with Crippen molar-refractivity contribution in [2.75, 3.05) is 195 Å². The second-order valence-electron chi connectivity index (χ2n) is 36.4. The first kappa shape index (κ1) is 109. The van der Waals surface area contributed by atoms with Crippen molar-refractivity contribution in [3.05, 3.63) is 0 Å². The minimum Gasteiger partial charge on any atom is -0.396 e. The highest BCUT2D eigenvalue weighted by molar-refractivity contribution is 5.97. The minimum atomic E-state index is -1.49. The summed E-state index contributed by atoms with van der Waals surface area (Å²) in [5.41, 5.74) is -6.99.